The molecule has 0 spiro atoms. The number of hydrogen-bond donors (Lipinski definition) is 1. The van der Waals surface area contributed by atoms with Crippen molar-refractivity contribution in [1.29, 1.82) is 0 Å². The predicted molar refractivity (Wildman–Crippen MR) is 90.8 cm³/mol. The van der Waals surface area contributed by atoms with Gasteiger partial charge in [-0.2, -0.15) is 4.98 Å². The van der Waals surface area contributed by atoms with E-state index in [1.54, 1.807) is 0 Å². The number of H-pyrrole nitrogens is 1. The van der Waals surface area contributed by atoms with Crippen molar-refractivity contribution in [3.05, 3.63) is 35.1 Å². The largest absolute Gasteiger partial charge is 0.496 e. The molecular weight excluding hydrogens is 328 g/mol. The maximum atomic E-state index is 13.1. The molecule has 0 saturated heterocycles. The molecule has 8 heteroatoms. The van der Waals surface area contributed by atoms with E-state index in [2.05, 4.69) is 19.9 Å². The molecule has 0 bridgehead atoms. The lowest BCUT2D eigenvalue weighted by atomic mass is 10.1. The van der Waals surface area contributed by atoms with Gasteiger partial charge in [0.15, 0.2) is 10.8 Å². The van der Waals surface area contributed by atoms with E-state index in [0.717, 1.165) is 0 Å². The second-order valence-electron chi connectivity index (χ2n) is 4.51. The van der Waals surface area contributed by atoms with Crippen molar-refractivity contribution in [3.8, 4) is 11.6 Å². The van der Waals surface area contributed by atoms with Gasteiger partial charge in [-0.05, 0) is 19.8 Å². The summed E-state index contributed by atoms with van der Waals surface area (Å²) in [4.78, 5) is 14.3. The molecule has 24 heavy (non-hydrogen) atoms. The predicted octanol–water partition coefficient (Wildman–Crippen LogP) is 2.29. The van der Waals surface area contributed by atoms with E-state index in [9.17, 15) is 4.21 Å². The quantitative estimate of drug-likeness (QED) is 0.752. The van der Waals surface area contributed by atoms with Crippen LogP contribution in [0.1, 0.15) is 34.6 Å². The number of imidazole rings is 1. The highest BCUT2D eigenvalue weighted by Crippen LogP contribution is 2.25. The van der Waals surface area contributed by atoms with E-state index in [1.165, 1.54) is 12.1 Å². The molecule has 0 radical (unpaired) electrons. The number of methoxy groups -OCH3 is 2. The first-order valence-corrected chi connectivity index (χ1v) is 7.65. The van der Waals surface area contributed by atoms with Crippen LogP contribution in [0, 0.1) is 13.7 Å². The Morgan fingerprint density at radius 3 is 3.00 bits per heavy atom. The third kappa shape index (κ3) is 2.96. The Hall–Kier alpha value is -2.48. The van der Waals surface area contributed by atoms with Crippen LogP contribution < -0.4 is 9.47 Å². The maximum absolute atomic E-state index is 13.1. The molecule has 0 aromatic carbocycles. The molecule has 0 fully saturated rings. The van der Waals surface area contributed by atoms with Crippen LogP contribution in [0.25, 0.3) is 11.2 Å². The van der Waals surface area contributed by atoms with Crippen LogP contribution in [0.3, 0.4) is 0 Å². The van der Waals surface area contributed by atoms with Gasteiger partial charge in [0, 0.05) is 31.6 Å². The number of ether oxygens (including phenoxy) is 2. The lowest BCUT2D eigenvalue weighted by Crippen LogP contribution is -2.05. The van der Waals surface area contributed by atoms with E-state index in [-0.39, 0.29) is 22.2 Å². The van der Waals surface area contributed by atoms with Crippen LogP contribution in [0.2, 0.25) is 0 Å². The number of rotatable bonds is 5. The van der Waals surface area contributed by atoms with Crippen molar-refractivity contribution in [2.45, 2.75) is 24.6 Å². The lowest BCUT2D eigenvalue weighted by Gasteiger charge is -2.11. The number of pyridine rings is 2. The molecule has 1 unspecified atom stereocenters. The Morgan fingerprint density at radius 2 is 2.21 bits per heavy atom. The van der Waals surface area contributed by atoms with Gasteiger partial charge in [-0.3, -0.25) is 9.19 Å². The zero-order valence-electron chi connectivity index (χ0n) is 24.8. The van der Waals surface area contributed by atoms with Gasteiger partial charge < -0.3 is 14.5 Å². The maximum Gasteiger partial charge on any atom is 0.215 e. The summed E-state index contributed by atoms with van der Waals surface area (Å²) in [5.74, 6) is -2.09. The van der Waals surface area contributed by atoms with Gasteiger partial charge in [0.2, 0.25) is 5.88 Å². The molecule has 126 valence electrons. The average molecular weight is 359 g/mol. The molecule has 0 aliphatic heterocycles. The standard InChI is InChI=1S/C16H18N4O3S/c1-9-7-17-12(10(2)14(9)23-4)8-24(21)16-18-11-5-6-13(22-3)19-15(11)20-16/h5-7H,8H2,1-4H3,(H,18,19,20)/i1D3,2D3,3D3,4D3,7D. The van der Waals surface area contributed by atoms with Crippen LogP contribution in [0.5, 0.6) is 11.6 Å². The molecule has 3 aromatic rings. The van der Waals surface area contributed by atoms with Crippen molar-refractivity contribution in [2.75, 3.05) is 14.1 Å². The molecular formula is C16H18N4O3S. The van der Waals surface area contributed by atoms with Crippen LogP contribution in [0.4, 0.5) is 0 Å². The van der Waals surface area contributed by atoms with Crippen molar-refractivity contribution in [3.63, 3.8) is 0 Å². The normalized spacial score (nSPS) is 22.4. The number of aromatic nitrogens is 4. The lowest BCUT2D eigenvalue weighted by molar-refractivity contribution is 0.399. The van der Waals surface area contributed by atoms with Gasteiger partial charge in [0.1, 0.15) is 5.75 Å². The zero-order valence-corrected chi connectivity index (χ0v) is 12.7. The van der Waals surface area contributed by atoms with Gasteiger partial charge in [-0.1, -0.05) is 0 Å². The summed E-state index contributed by atoms with van der Waals surface area (Å²) < 4.78 is 121. The Balaban J connectivity index is 2.11. The molecule has 1 N–H and O–H groups in total. The first kappa shape index (κ1) is 6.79. The third-order valence-corrected chi connectivity index (χ3v) is 4.19. The highest BCUT2D eigenvalue weighted by molar-refractivity contribution is 7.84. The highest BCUT2D eigenvalue weighted by Gasteiger charge is 2.16. The Morgan fingerprint density at radius 1 is 1.29 bits per heavy atom. The van der Waals surface area contributed by atoms with Gasteiger partial charge in [0.25, 0.3) is 0 Å². The van der Waals surface area contributed by atoms with E-state index < -0.39 is 73.1 Å². The van der Waals surface area contributed by atoms with Gasteiger partial charge in [-0.25, -0.2) is 4.98 Å². The fourth-order valence-electron chi connectivity index (χ4n) is 1.90. The summed E-state index contributed by atoms with van der Waals surface area (Å²) >= 11 is 0. The molecule has 0 aliphatic rings. The van der Waals surface area contributed by atoms with E-state index >= 15 is 0 Å². The zero-order chi connectivity index (χ0) is 28.1. The van der Waals surface area contributed by atoms with Crippen molar-refractivity contribution < 1.29 is 31.5 Å². The third-order valence-electron chi connectivity index (χ3n) is 3.03. The van der Waals surface area contributed by atoms with Crippen molar-refractivity contribution in [1.82, 2.24) is 19.9 Å². The first-order valence-electron chi connectivity index (χ1n) is 12.8. The molecule has 3 heterocycles. The molecule has 0 aliphatic carbocycles. The molecule has 0 saturated carbocycles. The smallest absolute Gasteiger partial charge is 0.215 e. The summed E-state index contributed by atoms with van der Waals surface area (Å²) in [7, 11) is -8.25. The molecule has 0 amide bonds. The fourth-order valence-corrected chi connectivity index (χ4v) is 2.91. The summed E-state index contributed by atoms with van der Waals surface area (Å²) in [6.45, 7) is -6.32. The second-order valence-corrected chi connectivity index (χ2v) is 5.87. The molecule has 3 aromatic heterocycles. The minimum Gasteiger partial charge on any atom is -0.496 e. The van der Waals surface area contributed by atoms with Crippen LogP contribution in [-0.4, -0.2) is 38.2 Å². The average Bonchev–Trinajstić information content (AvgIpc) is 3.06. The van der Waals surface area contributed by atoms with Gasteiger partial charge in [0.05, 0.1) is 51.4 Å². The van der Waals surface area contributed by atoms with Crippen LogP contribution in [0.15, 0.2) is 23.5 Å². The molecule has 7 nitrogen and oxygen atoms in total. The minimum absolute atomic E-state index is 0.0699. The van der Waals surface area contributed by atoms with Crippen molar-refractivity contribution in [2.24, 2.45) is 0 Å². The van der Waals surface area contributed by atoms with Gasteiger partial charge >= 0.3 is 0 Å². The highest BCUT2D eigenvalue weighted by atomic mass is 32.2. The first-order chi connectivity index (χ1) is 16.7. The Kier molecular flexibility index (Phi) is 1.86. The second kappa shape index (κ2) is 6.56. The topological polar surface area (TPSA) is 90.0 Å². The number of aromatic amines is 1. The van der Waals surface area contributed by atoms with Gasteiger partial charge in [-0.15, -0.1) is 0 Å². The number of nitrogens with one attached hydrogen (secondary N) is 1. The monoisotopic (exact) mass is 359 g/mol. The number of hydrogen-bond acceptors (Lipinski definition) is 6. The fraction of sp³-hybridized carbons (Fsp3) is 0.312. The van der Waals surface area contributed by atoms with E-state index in [0.29, 0.717) is 0 Å². The summed E-state index contributed by atoms with van der Waals surface area (Å²) in [5.41, 5.74) is -2.33. The molecule has 3 rings (SSSR count). The SMILES string of the molecule is [2H]c1nc(CS(=O)c2nc3nc(OC([2H])([2H])[2H])ccc3[nH]2)c(C([2H])([2H])[2H])c(OC([2H])([2H])[2H])c1C([2H])([2H])[2H]. The van der Waals surface area contributed by atoms with Crippen LogP contribution in [-0.2, 0) is 16.6 Å². The van der Waals surface area contributed by atoms with Crippen LogP contribution >= 0.6 is 0 Å². The van der Waals surface area contributed by atoms with E-state index in [4.69, 9.17) is 27.3 Å². The Labute approximate surface area is 160 Å². The summed E-state index contributed by atoms with van der Waals surface area (Å²) in [5, 5.41) is -0.239. The molecule has 1 atom stereocenters. The summed E-state index contributed by atoms with van der Waals surface area (Å²) in [6.07, 6.45) is -0.975. The van der Waals surface area contributed by atoms with E-state index in [1.807, 2.05) is 0 Å². The number of nitrogens with zero attached hydrogens (tertiary/aromatic N) is 3. The van der Waals surface area contributed by atoms with Crippen molar-refractivity contribution >= 4 is 22.0 Å². The number of fused-ring (bicyclic) bond motifs is 1. The minimum atomic E-state index is -3.27. The summed E-state index contributed by atoms with van der Waals surface area (Å²) in [6, 6.07) is 2.59. The Bertz CT molecular complexity index is 1350.